The Morgan fingerprint density at radius 2 is 1.77 bits per heavy atom. The number of benzene rings is 2. The zero-order chi connectivity index (χ0) is 31.1. The number of rotatable bonds is 13. The Kier molecular flexibility index (Phi) is 10.2. The summed E-state index contributed by atoms with van der Waals surface area (Å²) in [7, 11) is 0. The van der Waals surface area contributed by atoms with Crippen molar-refractivity contribution in [1.82, 2.24) is 14.9 Å². The third-order valence-corrected chi connectivity index (χ3v) is 7.35. The summed E-state index contributed by atoms with van der Waals surface area (Å²) in [5.41, 5.74) is 0.811. The minimum Gasteiger partial charge on any atom is -0.481 e. The Morgan fingerprint density at radius 3 is 2.44 bits per heavy atom. The summed E-state index contributed by atoms with van der Waals surface area (Å²) in [6.07, 6.45) is -1.31. The lowest BCUT2D eigenvalue weighted by molar-refractivity contribution is -0.141. The van der Waals surface area contributed by atoms with E-state index in [1.165, 1.54) is 16.7 Å². The fourth-order valence-corrected chi connectivity index (χ4v) is 5.14. The number of carbonyl (C=O) groups is 3. The van der Waals surface area contributed by atoms with Crippen LogP contribution in [-0.4, -0.2) is 38.9 Å². The van der Waals surface area contributed by atoms with Gasteiger partial charge in [0.1, 0.15) is 11.5 Å². The molecule has 0 saturated carbocycles. The number of pyridine rings is 1. The first-order chi connectivity index (χ1) is 20.5. The van der Waals surface area contributed by atoms with Crippen LogP contribution in [0.4, 0.5) is 13.2 Å². The number of carbonyl (C=O) groups excluding carboxylic acids is 2. The van der Waals surface area contributed by atoms with E-state index < -0.39 is 29.7 Å². The van der Waals surface area contributed by atoms with Crippen LogP contribution in [0, 0.1) is 5.92 Å². The first-order valence-electron chi connectivity index (χ1n) is 14.0. The maximum atomic E-state index is 14.2. The second-order valence-corrected chi connectivity index (χ2v) is 10.7. The molecular weight excluding hydrogens is 583 g/mol. The highest BCUT2D eigenvalue weighted by molar-refractivity contribution is 6.31. The van der Waals surface area contributed by atoms with Crippen LogP contribution in [0.3, 0.4) is 0 Å². The normalized spacial score (nSPS) is 12.3. The van der Waals surface area contributed by atoms with Crippen LogP contribution in [0.5, 0.6) is 0 Å². The van der Waals surface area contributed by atoms with Crippen molar-refractivity contribution in [1.29, 1.82) is 0 Å². The van der Waals surface area contributed by atoms with Gasteiger partial charge in [0.15, 0.2) is 5.78 Å². The van der Waals surface area contributed by atoms with Crippen LogP contribution >= 0.6 is 11.6 Å². The molecule has 1 amide bonds. The molecule has 0 aliphatic heterocycles. The largest absolute Gasteiger partial charge is 0.481 e. The number of Topliss-reactive ketones (excluding diaryl/α,β-unsaturated/α-hetero) is 1. The van der Waals surface area contributed by atoms with Crippen molar-refractivity contribution in [3.63, 3.8) is 0 Å². The fourth-order valence-electron chi connectivity index (χ4n) is 4.96. The standard InChI is InChI=1S/C32H31ClF3N3O4/c1-2-3-4-6-22(17-20-9-11-21(12-10-20)31(43)37-16-15-29(40)41)30(42)26-19-23-18-24(33)13-14-25(23)39(26)28-8-5-7-27(38-28)32(34,35)36/h5,7-14,18-19,22H,2-4,6,15-17H2,1H3,(H,37,43)(H,40,41). The van der Waals surface area contributed by atoms with E-state index >= 15 is 0 Å². The molecule has 226 valence electrons. The lowest BCUT2D eigenvalue weighted by atomic mass is 9.88. The number of aliphatic carboxylic acids is 1. The number of unbranched alkanes of at least 4 members (excludes halogenated alkanes) is 2. The molecule has 1 atom stereocenters. The third kappa shape index (κ3) is 8.01. The Balaban J connectivity index is 1.68. The van der Waals surface area contributed by atoms with E-state index in [0.717, 1.165) is 30.9 Å². The highest BCUT2D eigenvalue weighted by atomic mass is 35.5. The lowest BCUT2D eigenvalue weighted by Crippen LogP contribution is -2.26. The number of alkyl halides is 3. The number of ketones is 1. The SMILES string of the molecule is CCCCCC(Cc1ccc(C(=O)NCCC(=O)O)cc1)C(=O)c1cc2cc(Cl)ccc2n1-c1cccc(C(F)(F)F)n1. The monoisotopic (exact) mass is 613 g/mol. The summed E-state index contributed by atoms with van der Waals surface area (Å²) < 4.78 is 42.1. The molecule has 0 saturated heterocycles. The van der Waals surface area contributed by atoms with Crippen molar-refractivity contribution < 1.29 is 32.7 Å². The molecule has 7 nitrogen and oxygen atoms in total. The van der Waals surface area contributed by atoms with Crippen LogP contribution in [0.15, 0.2) is 66.7 Å². The van der Waals surface area contributed by atoms with Crippen molar-refractivity contribution >= 4 is 40.2 Å². The number of carboxylic acids is 1. The van der Waals surface area contributed by atoms with Gasteiger partial charge in [-0.1, -0.05) is 56.0 Å². The Bertz CT molecular complexity index is 1620. The van der Waals surface area contributed by atoms with Gasteiger partial charge in [0, 0.05) is 28.4 Å². The van der Waals surface area contributed by atoms with E-state index in [0.29, 0.717) is 34.3 Å². The lowest BCUT2D eigenvalue weighted by Gasteiger charge is -2.18. The van der Waals surface area contributed by atoms with Crippen LogP contribution < -0.4 is 5.32 Å². The first kappa shape index (κ1) is 31.7. The smallest absolute Gasteiger partial charge is 0.433 e. The average Bonchev–Trinajstić information content (AvgIpc) is 3.34. The van der Waals surface area contributed by atoms with Crippen molar-refractivity contribution in [2.75, 3.05) is 6.54 Å². The van der Waals surface area contributed by atoms with Gasteiger partial charge in [-0.15, -0.1) is 0 Å². The van der Waals surface area contributed by atoms with Crippen molar-refractivity contribution in [2.24, 2.45) is 5.92 Å². The number of nitrogens with zero attached hydrogens (tertiary/aromatic N) is 2. The Morgan fingerprint density at radius 1 is 1.02 bits per heavy atom. The van der Waals surface area contributed by atoms with Gasteiger partial charge in [-0.05, 0) is 66.9 Å². The van der Waals surface area contributed by atoms with E-state index in [2.05, 4.69) is 17.2 Å². The number of aromatic nitrogens is 2. The molecule has 4 aromatic rings. The number of halogens is 4. The first-order valence-corrected chi connectivity index (χ1v) is 14.3. The number of hydrogen-bond donors (Lipinski definition) is 2. The second kappa shape index (κ2) is 13.9. The fraction of sp³-hybridized carbons (Fsp3) is 0.312. The van der Waals surface area contributed by atoms with E-state index in [4.69, 9.17) is 16.7 Å². The number of amides is 1. The number of fused-ring (bicyclic) bond motifs is 1. The summed E-state index contributed by atoms with van der Waals surface area (Å²) in [6.45, 7) is 2.06. The van der Waals surface area contributed by atoms with Gasteiger partial charge in [-0.25, -0.2) is 4.98 Å². The van der Waals surface area contributed by atoms with Gasteiger partial charge in [0.2, 0.25) is 0 Å². The summed E-state index contributed by atoms with van der Waals surface area (Å²) in [6, 6.07) is 16.9. The molecule has 0 bridgehead atoms. The zero-order valence-electron chi connectivity index (χ0n) is 23.5. The van der Waals surface area contributed by atoms with Crippen LogP contribution in [0.2, 0.25) is 5.02 Å². The zero-order valence-corrected chi connectivity index (χ0v) is 24.2. The quantitative estimate of drug-likeness (QED) is 0.120. The van der Waals surface area contributed by atoms with E-state index in [1.54, 1.807) is 48.5 Å². The van der Waals surface area contributed by atoms with Crippen LogP contribution in [0.25, 0.3) is 16.7 Å². The molecule has 2 aromatic heterocycles. The van der Waals surface area contributed by atoms with E-state index in [9.17, 15) is 27.6 Å². The predicted octanol–water partition coefficient (Wildman–Crippen LogP) is 7.52. The minimum atomic E-state index is -4.66. The summed E-state index contributed by atoms with van der Waals surface area (Å²) in [5, 5.41) is 12.3. The molecule has 0 aliphatic carbocycles. The maximum Gasteiger partial charge on any atom is 0.433 e. The van der Waals surface area contributed by atoms with Gasteiger partial charge >= 0.3 is 12.1 Å². The average molecular weight is 614 g/mol. The van der Waals surface area contributed by atoms with Gasteiger partial charge in [-0.3, -0.25) is 19.0 Å². The highest BCUT2D eigenvalue weighted by Gasteiger charge is 2.33. The highest BCUT2D eigenvalue weighted by Crippen LogP contribution is 2.32. The molecule has 0 aliphatic rings. The predicted molar refractivity (Wildman–Crippen MR) is 158 cm³/mol. The van der Waals surface area contributed by atoms with Gasteiger partial charge < -0.3 is 10.4 Å². The number of hydrogen-bond acceptors (Lipinski definition) is 4. The third-order valence-electron chi connectivity index (χ3n) is 7.12. The second-order valence-electron chi connectivity index (χ2n) is 10.3. The molecular formula is C32H31ClF3N3O4. The molecule has 0 radical (unpaired) electrons. The molecule has 2 aromatic carbocycles. The van der Waals surface area contributed by atoms with E-state index in [1.807, 2.05) is 0 Å². The maximum absolute atomic E-state index is 14.2. The molecule has 2 N–H and O–H groups in total. The van der Waals surface area contributed by atoms with Gasteiger partial charge in [-0.2, -0.15) is 13.2 Å². The molecule has 4 rings (SSSR count). The van der Waals surface area contributed by atoms with Crippen LogP contribution in [-0.2, 0) is 17.4 Å². The Labute approximate surface area is 251 Å². The minimum absolute atomic E-state index is 0.00384. The topological polar surface area (TPSA) is 101 Å². The number of nitrogens with one attached hydrogen (secondary N) is 1. The van der Waals surface area contributed by atoms with Gasteiger partial charge in [0.25, 0.3) is 5.91 Å². The van der Waals surface area contributed by atoms with Crippen LogP contribution in [0.1, 0.15) is 71.1 Å². The summed E-state index contributed by atoms with van der Waals surface area (Å²) in [4.78, 5) is 41.1. The van der Waals surface area contributed by atoms with Crippen molar-refractivity contribution in [3.05, 3.63) is 94.3 Å². The van der Waals surface area contributed by atoms with Crippen molar-refractivity contribution in [3.8, 4) is 5.82 Å². The number of carboxylic acid groups (broad SMARTS) is 1. The Hall–Kier alpha value is -4.18. The van der Waals surface area contributed by atoms with Gasteiger partial charge in [0.05, 0.1) is 17.6 Å². The van der Waals surface area contributed by atoms with Crippen molar-refractivity contribution in [2.45, 2.75) is 51.6 Å². The molecule has 11 heteroatoms. The van der Waals surface area contributed by atoms with E-state index in [-0.39, 0.29) is 30.3 Å². The molecule has 0 spiro atoms. The summed E-state index contributed by atoms with van der Waals surface area (Å²) in [5.74, 6) is -2.18. The molecule has 2 heterocycles. The summed E-state index contributed by atoms with van der Waals surface area (Å²) >= 11 is 6.21. The molecule has 0 fully saturated rings. The molecule has 43 heavy (non-hydrogen) atoms. The molecule has 1 unspecified atom stereocenters.